The van der Waals surface area contributed by atoms with E-state index in [0.717, 1.165) is 27.6 Å². The van der Waals surface area contributed by atoms with Gasteiger partial charge in [0.2, 0.25) is 6.79 Å². The van der Waals surface area contributed by atoms with Gasteiger partial charge in [-0.2, -0.15) is 0 Å². The highest BCUT2D eigenvalue weighted by Crippen LogP contribution is 2.34. The number of amides is 1. The highest BCUT2D eigenvalue weighted by molar-refractivity contribution is 9.10. The van der Waals surface area contributed by atoms with Gasteiger partial charge in [-0.1, -0.05) is 22.0 Å². The number of hydrogen-bond donors (Lipinski definition) is 1. The number of carbonyl (C=O) groups excluding carboxylic acids is 1. The van der Waals surface area contributed by atoms with E-state index in [0.29, 0.717) is 16.0 Å². The quantitative estimate of drug-likeness (QED) is 0.614. The fourth-order valence-corrected chi connectivity index (χ4v) is 4.04. The highest BCUT2D eigenvalue weighted by Gasteiger charge is 2.17. The lowest BCUT2D eigenvalue weighted by Crippen LogP contribution is -2.13. The lowest BCUT2D eigenvalue weighted by molar-refractivity contribution is 0.102. The summed E-state index contributed by atoms with van der Waals surface area (Å²) < 4.78 is 25.3. The Kier molecular flexibility index (Phi) is 4.84. The molecule has 0 saturated carbocycles. The fraction of sp³-hybridized carbons (Fsp3) is 0.158. The van der Waals surface area contributed by atoms with Gasteiger partial charge in [0.25, 0.3) is 5.91 Å². The van der Waals surface area contributed by atoms with Gasteiger partial charge in [0.15, 0.2) is 16.6 Å². The zero-order valence-electron chi connectivity index (χ0n) is 14.2. The minimum absolute atomic E-state index is 0.0247. The van der Waals surface area contributed by atoms with Crippen LogP contribution in [0.5, 0.6) is 11.5 Å². The lowest BCUT2D eigenvalue weighted by atomic mass is 10.1. The molecule has 27 heavy (non-hydrogen) atoms. The first-order valence-corrected chi connectivity index (χ1v) is 9.72. The lowest BCUT2D eigenvalue weighted by Gasteiger charge is -2.03. The van der Waals surface area contributed by atoms with Crippen LogP contribution in [-0.2, 0) is 6.42 Å². The van der Waals surface area contributed by atoms with Crippen molar-refractivity contribution in [1.29, 1.82) is 0 Å². The molecule has 2 aromatic carbocycles. The predicted molar refractivity (Wildman–Crippen MR) is 104 cm³/mol. The fourth-order valence-electron chi connectivity index (χ4n) is 2.72. The molecule has 0 bridgehead atoms. The van der Waals surface area contributed by atoms with Crippen LogP contribution in [0.25, 0.3) is 0 Å². The van der Waals surface area contributed by atoms with Crippen molar-refractivity contribution in [2.75, 3.05) is 12.1 Å². The minimum atomic E-state index is -0.587. The number of anilines is 1. The third kappa shape index (κ3) is 3.81. The normalized spacial score (nSPS) is 12.3. The number of rotatable bonds is 4. The van der Waals surface area contributed by atoms with E-state index in [1.807, 2.05) is 25.1 Å². The number of nitrogens with one attached hydrogen (secondary N) is 1. The Morgan fingerprint density at radius 2 is 2.07 bits per heavy atom. The third-order valence-corrected chi connectivity index (χ3v) is 5.66. The van der Waals surface area contributed by atoms with E-state index in [1.54, 1.807) is 6.07 Å². The van der Waals surface area contributed by atoms with Crippen LogP contribution in [-0.4, -0.2) is 17.7 Å². The van der Waals surface area contributed by atoms with Crippen LogP contribution in [0.1, 0.15) is 26.5 Å². The molecule has 1 aliphatic heterocycles. The van der Waals surface area contributed by atoms with Gasteiger partial charge < -0.3 is 9.47 Å². The molecule has 0 fully saturated rings. The summed E-state index contributed by atoms with van der Waals surface area (Å²) in [6.07, 6.45) is 0.655. The summed E-state index contributed by atoms with van der Waals surface area (Å²) in [6, 6.07) is 10.1. The summed E-state index contributed by atoms with van der Waals surface area (Å²) >= 11 is 4.55. The van der Waals surface area contributed by atoms with Crippen molar-refractivity contribution < 1.29 is 18.7 Å². The molecule has 1 amide bonds. The summed E-state index contributed by atoms with van der Waals surface area (Å²) in [5.41, 5.74) is 1.86. The molecule has 1 aliphatic rings. The maximum atomic E-state index is 14.0. The number of aromatic nitrogens is 1. The molecule has 0 saturated heterocycles. The zero-order chi connectivity index (χ0) is 19.0. The third-order valence-electron chi connectivity index (χ3n) is 4.09. The van der Waals surface area contributed by atoms with Gasteiger partial charge in [-0.3, -0.25) is 10.1 Å². The largest absolute Gasteiger partial charge is 0.454 e. The van der Waals surface area contributed by atoms with Crippen molar-refractivity contribution in [3.8, 4) is 11.5 Å². The van der Waals surface area contributed by atoms with Gasteiger partial charge in [0, 0.05) is 15.8 Å². The Balaban J connectivity index is 1.50. The zero-order valence-corrected chi connectivity index (χ0v) is 16.6. The van der Waals surface area contributed by atoms with Crippen molar-refractivity contribution in [3.05, 3.63) is 68.4 Å². The van der Waals surface area contributed by atoms with E-state index in [2.05, 4.69) is 26.2 Å². The van der Waals surface area contributed by atoms with Crippen molar-refractivity contribution in [2.24, 2.45) is 0 Å². The number of aryl methyl sites for hydroxylation is 1. The molecule has 0 aliphatic carbocycles. The summed E-state index contributed by atoms with van der Waals surface area (Å²) in [4.78, 5) is 17.7. The first-order valence-electron chi connectivity index (χ1n) is 8.11. The molecule has 1 aromatic heterocycles. The van der Waals surface area contributed by atoms with E-state index in [1.165, 1.54) is 23.5 Å². The molecule has 5 nitrogen and oxygen atoms in total. The number of halogens is 2. The van der Waals surface area contributed by atoms with E-state index in [9.17, 15) is 9.18 Å². The SMILES string of the molecule is Cc1nc(NC(=O)c2ccc(Br)cc2F)sc1Cc1ccc2c(c1)OCO2. The predicted octanol–water partition coefficient (Wildman–Crippen LogP) is 4.92. The number of hydrogen-bond acceptors (Lipinski definition) is 5. The van der Waals surface area contributed by atoms with Gasteiger partial charge in [-0.15, -0.1) is 11.3 Å². The van der Waals surface area contributed by atoms with Crippen molar-refractivity contribution in [2.45, 2.75) is 13.3 Å². The summed E-state index contributed by atoms with van der Waals surface area (Å²) in [7, 11) is 0. The maximum Gasteiger partial charge on any atom is 0.260 e. The second-order valence-electron chi connectivity index (χ2n) is 5.97. The van der Waals surface area contributed by atoms with Crippen molar-refractivity contribution in [1.82, 2.24) is 4.98 Å². The van der Waals surface area contributed by atoms with Crippen molar-refractivity contribution in [3.63, 3.8) is 0 Å². The van der Waals surface area contributed by atoms with Crippen LogP contribution in [0.4, 0.5) is 9.52 Å². The summed E-state index contributed by atoms with van der Waals surface area (Å²) in [6.45, 7) is 2.12. The molecule has 8 heteroatoms. The number of ether oxygens (including phenoxy) is 2. The molecule has 3 aromatic rings. The standard InChI is InChI=1S/C19H14BrFN2O3S/c1-10-17(7-11-2-5-15-16(6-11)26-9-25-15)27-19(22-10)23-18(24)13-4-3-12(20)8-14(13)21/h2-6,8H,7,9H2,1H3,(H,22,23,24). The smallest absolute Gasteiger partial charge is 0.260 e. The van der Waals surface area contributed by atoms with E-state index in [-0.39, 0.29) is 12.4 Å². The van der Waals surface area contributed by atoms with E-state index < -0.39 is 11.7 Å². The first-order chi connectivity index (χ1) is 13.0. The Hall–Kier alpha value is -2.45. The van der Waals surface area contributed by atoms with Gasteiger partial charge in [-0.25, -0.2) is 9.37 Å². The summed E-state index contributed by atoms with van der Waals surface area (Å²) in [5.74, 6) is 0.359. The Morgan fingerprint density at radius 1 is 1.26 bits per heavy atom. The highest BCUT2D eigenvalue weighted by atomic mass is 79.9. The number of thiazole rings is 1. The Morgan fingerprint density at radius 3 is 2.89 bits per heavy atom. The second-order valence-corrected chi connectivity index (χ2v) is 7.97. The van der Waals surface area contributed by atoms with Crippen LogP contribution in [0.2, 0.25) is 0 Å². The van der Waals surface area contributed by atoms with Gasteiger partial charge in [0.1, 0.15) is 5.82 Å². The average molecular weight is 449 g/mol. The molecule has 138 valence electrons. The molecule has 2 heterocycles. The number of carbonyl (C=O) groups is 1. The Labute approximate surface area is 167 Å². The molecule has 0 spiro atoms. The van der Waals surface area contributed by atoms with Gasteiger partial charge >= 0.3 is 0 Å². The molecule has 0 radical (unpaired) electrons. The van der Waals surface area contributed by atoms with Gasteiger partial charge in [0.05, 0.1) is 11.3 Å². The first kappa shape index (κ1) is 17.9. The number of fused-ring (bicyclic) bond motifs is 1. The Bertz CT molecular complexity index is 1040. The van der Waals surface area contributed by atoms with E-state index in [4.69, 9.17) is 9.47 Å². The minimum Gasteiger partial charge on any atom is -0.454 e. The molecular weight excluding hydrogens is 435 g/mol. The van der Waals surface area contributed by atoms with Crippen LogP contribution in [0.15, 0.2) is 40.9 Å². The van der Waals surface area contributed by atoms with Crippen LogP contribution in [0, 0.1) is 12.7 Å². The summed E-state index contributed by atoms with van der Waals surface area (Å²) in [5, 5.41) is 3.12. The molecule has 0 atom stereocenters. The molecular formula is C19H14BrFN2O3S. The molecule has 4 rings (SSSR count). The molecule has 0 unspecified atom stereocenters. The van der Waals surface area contributed by atoms with E-state index >= 15 is 0 Å². The monoisotopic (exact) mass is 448 g/mol. The number of benzene rings is 2. The maximum absolute atomic E-state index is 14.0. The van der Waals surface area contributed by atoms with Crippen molar-refractivity contribution >= 4 is 38.3 Å². The van der Waals surface area contributed by atoms with Crippen LogP contribution < -0.4 is 14.8 Å². The van der Waals surface area contributed by atoms with Gasteiger partial charge in [-0.05, 0) is 42.8 Å². The topological polar surface area (TPSA) is 60.5 Å². The molecule has 1 N–H and O–H groups in total. The van der Waals surface area contributed by atoms with Crippen LogP contribution in [0.3, 0.4) is 0 Å². The number of nitrogens with zero attached hydrogens (tertiary/aromatic N) is 1. The van der Waals surface area contributed by atoms with Crippen LogP contribution >= 0.6 is 27.3 Å². The average Bonchev–Trinajstić information content (AvgIpc) is 3.21. The second kappa shape index (κ2) is 7.28.